The summed E-state index contributed by atoms with van der Waals surface area (Å²) in [6.45, 7) is 13.6. The number of aliphatic hydroxyl groups is 1. The molecule has 0 bridgehead atoms. The first-order chi connectivity index (χ1) is 20.8. The molecule has 1 aliphatic carbocycles. The highest BCUT2D eigenvalue weighted by Crippen LogP contribution is 2.49. The molecular formula is C35H41BrN2O6. The van der Waals surface area contributed by atoms with E-state index >= 15 is 0 Å². The van der Waals surface area contributed by atoms with Gasteiger partial charge in [0.2, 0.25) is 11.8 Å². The predicted molar refractivity (Wildman–Crippen MR) is 176 cm³/mol. The number of halogens is 1. The lowest BCUT2D eigenvalue weighted by Crippen LogP contribution is -2.56. The molecule has 3 N–H and O–H groups in total. The Labute approximate surface area is 267 Å². The van der Waals surface area contributed by atoms with Crippen molar-refractivity contribution in [2.24, 2.45) is 11.8 Å². The number of carbonyl (C=O) groups excluding carboxylic acids is 3. The van der Waals surface area contributed by atoms with Crippen LogP contribution in [-0.4, -0.2) is 41.5 Å². The number of aryl methyl sites for hydroxylation is 4. The molecule has 0 radical (unpaired) electrons. The molecule has 0 aliphatic heterocycles. The number of nitrogens with one attached hydrogen (secondary N) is 2. The predicted octanol–water partition coefficient (Wildman–Crippen LogP) is 6.80. The van der Waals surface area contributed by atoms with Crippen LogP contribution in [0.4, 0.5) is 11.4 Å². The number of anilines is 2. The van der Waals surface area contributed by atoms with Gasteiger partial charge in [0.1, 0.15) is 11.7 Å². The Hall–Kier alpha value is -3.69. The van der Waals surface area contributed by atoms with E-state index in [2.05, 4.69) is 26.6 Å². The molecule has 8 nitrogen and oxygen atoms in total. The fraction of sp³-hybridized carbons (Fsp3) is 0.400. The van der Waals surface area contributed by atoms with E-state index in [4.69, 9.17) is 9.47 Å². The van der Waals surface area contributed by atoms with Crippen molar-refractivity contribution in [2.75, 3.05) is 23.8 Å². The van der Waals surface area contributed by atoms with E-state index in [1.807, 2.05) is 71.9 Å². The maximum atomic E-state index is 14.2. The summed E-state index contributed by atoms with van der Waals surface area (Å²) < 4.78 is 12.3. The minimum absolute atomic E-state index is 0.338. The molecular weight excluding hydrogens is 624 g/mol. The number of benzene rings is 3. The Balaban J connectivity index is 1.88. The summed E-state index contributed by atoms with van der Waals surface area (Å²) in [5, 5.41) is 17.7. The quantitative estimate of drug-likeness (QED) is 0.217. The normalized spacial score (nSPS) is 21.5. The van der Waals surface area contributed by atoms with E-state index in [1.54, 1.807) is 18.2 Å². The Bertz CT molecular complexity index is 1580. The molecule has 2 amide bonds. The minimum Gasteiger partial charge on any atom is -0.490 e. The highest BCUT2D eigenvalue weighted by molar-refractivity contribution is 9.10. The van der Waals surface area contributed by atoms with Gasteiger partial charge in [-0.3, -0.25) is 14.4 Å². The van der Waals surface area contributed by atoms with Crippen LogP contribution in [0, 0.1) is 39.5 Å². The maximum Gasteiger partial charge on any atom is 0.235 e. The SMILES string of the molecule is CCOc1cc(C2C(C(=O)Nc3ccc(C)cc3C)C(=O)CC(C)(O)C2C(=O)Nc2ccc(C)cc2C)cc(Br)c1OCC. The molecule has 1 fully saturated rings. The topological polar surface area (TPSA) is 114 Å². The second kappa shape index (κ2) is 13.5. The van der Waals surface area contributed by atoms with Gasteiger partial charge in [-0.05, 0) is 105 Å². The van der Waals surface area contributed by atoms with Crippen molar-refractivity contribution in [1.82, 2.24) is 0 Å². The van der Waals surface area contributed by atoms with Crippen molar-refractivity contribution in [3.63, 3.8) is 0 Å². The standard InChI is InChI=1S/C35H41BrN2O6/c1-8-43-28-17-23(16-24(36)32(28)44-9-2)29-30(33(40)37-25-12-10-19(3)14-21(25)5)27(39)18-35(7,42)31(29)34(41)38-26-13-11-20(4)15-22(26)6/h10-17,29-31,42H,8-9,18H2,1-7H3,(H,37,40)(H,38,41). The summed E-state index contributed by atoms with van der Waals surface area (Å²) in [5.74, 6) is -4.10. The number of ether oxygens (including phenoxy) is 2. The highest BCUT2D eigenvalue weighted by atomic mass is 79.9. The molecule has 234 valence electrons. The summed E-state index contributed by atoms with van der Waals surface area (Å²) in [6.07, 6.45) is -0.365. The van der Waals surface area contributed by atoms with Crippen molar-refractivity contribution in [3.05, 3.63) is 80.8 Å². The van der Waals surface area contributed by atoms with Crippen molar-refractivity contribution in [2.45, 2.75) is 66.4 Å². The molecule has 4 unspecified atom stereocenters. The molecule has 4 atom stereocenters. The van der Waals surface area contributed by atoms with Gasteiger partial charge in [-0.2, -0.15) is 0 Å². The smallest absolute Gasteiger partial charge is 0.235 e. The van der Waals surface area contributed by atoms with Crippen molar-refractivity contribution in [3.8, 4) is 11.5 Å². The fourth-order valence-electron chi connectivity index (χ4n) is 6.15. The van der Waals surface area contributed by atoms with E-state index in [0.717, 1.165) is 22.3 Å². The lowest BCUT2D eigenvalue weighted by atomic mass is 9.61. The lowest BCUT2D eigenvalue weighted by Gasteiger charge is -2.44. The van der Waals surface area contributed by atoms with E-state index in [0.29, 0.717) is 46.1 Å². The van der Waals surface area contributed by atoms with Crippen molar-refractivity contribution in [1.29, 1.82) is 0 Å². The number of amides is 2. The monoisotopic (exact) mass is 664 g/mol. The van der Waals surface area contributed by atoms with E-state index in [9.17, 15) is 19.5 Å². The van der Waals surface area contributed by atoms with Crippen LogP contribution < -0.4 is 20.1 Å². The van der Waals surface area contributed by atoms with Gasteiger partial charge in [-0.25, -0.2) is 0 Å². The first-order valence-corrected chi connectivity index (χ1v) is 15.7. The van der Waals surface area contributed by atoms with Crippen LogP contribution in [0.2, 0.25) is 0 Å². The van der Waals surface area contributed by atoms with Gasteiger partial charge >= 0.3 is 0 Å². The van der Waals surface area contributed by atoms with E-state index in [-0.39, 0.29) is 6.42 Å². The zero-order valence-corrected chi connectivity index (χ0v) is 27.9. The van der Waals surface area contributed by atoms with E-state index < -0.39 is 41.0 Å². The molecule has 0 saturated heterocycles. The molecule has 9 heteroatoms. The largest absolute Gasteiger partial charge is 0.490 e. The summed E-state index contributed by atoms with van der Waals surface area (Å²) in [6, 6.07) is 14.7. The van der Waals surface area contributed by atoms with E-state index in [1.165, 1.54) is 6.92 Å². The molecule has 1 saturated carbocycles. The third kappa shape index (κ3) is 7.00. The average Bonchev–Trinajstić information content (AvgIpc) is 2.92. The first kappa shape index (κ1) is 33.2. The zero-order valence-electron chi connectivity index (χ0n) is 26.3. The molecule has 4 rings (SSSR count). The molecule has 0 aromatic heterocycles. The third-order valence-electron chi connectivity index (χ3n) is 8.12. The van der Waals surface area contributed by atoms with Gasteiger partial charge in [0.25, 0.3) is 0 Å². The molecule has 3 aromatic carbocycles. The molecule has 0 spiro atoms. The summed E-state index contributed by atoms with van der Waals surface area (Å²) in [4.78, 5) is 42.1. The Morgan fingerprint density at radius 3 is 1.95 bits per heavy atom. The second-order valence-corrected chi connectivity index (χ2v) is 12.6. The fourth-order valence-corrected chi connectivity index (χ4v) is 6.72. The van der Waals surface area contributed by atoms with Gasteiger partial charge in [0, 0.05) is 23.7 Å². The van der Waals surface area contributed by atoms with Crippen molar-refractivity contribution >= 4 is 44.9 Å². The van der Waals surface area contributed by atoms with Crippen molar-refractivity contribution < 1.29 is 29.0 Å². The maximum absolute atomic E-state index is 14.2. The highest BCUT2D eigenvalue weighted by Gasteiger charge is 2.56. The number of ketones is 1. The third-order valence-corrected chi connectivity index (χ3v) is 8.71. The van der Waals surface area contributed by atoms with Crippen LogP contribution in [-0.2, 0) is 14.4 Å². The van der Waals surface area contributed by atoms with Crippen LogP contribution in [0.1, 0.15) is 60.9 Å². The zero-order chi connectivity index (χ0) is 32.3. The lowest BCUT2D eigenvalue weighted by molar-refractivity contribution is -0.150. The summed E-state index contributed by atoms with van der Waals surface area (Å²) >= 11 is 3.58. The minimum atomic E-state index is -1.75. The Morgan fingerprint density at radius 1 is 0.886 bits per heavy atom. The number of hydrogen-bond donors (Lipinski definition) is 3. The van der Waals surface area contributed by atoms with Crippen LogP contribution in [0.25, 0.3) is 0 Å². The Kier molecular flexibility index (Phi) is 10.2. The summed E-state index contributed by atoms with van der Waals surface area (Å²) in [5.41, 5.74) is 3.67. The van der Waals surface area contributed by atoms with Gasteiger partial charge < -0.3 is 25.2 Å². The number of rotatable bonds is 9. The number of Topliss-reactive ketones (excluding diaryl/α,β-unsaturated/α-hetero) is 1. The van der Waals surface area contributed by atoms with Gasteiger partial charge in [-0.1, -0.05) is 35.4 Å². The number of carbonyl (C=O) groups is 3. The van der Waals surface area contributed by atoms with Crippen LogP contribution in [0.3, 0.4) is 0 Å². The average molecular weight is 666 g/mol. The van der Waals surface area contributed by atoms with Crippen LogP contribution in [0.15, 0.2) is 53.0 Å². The molecule has 44 heavy (non-hydrogen) atoms. The second-order valence-electron chi connectivity index (χ2n) is 11.8. The molecule has 1 aliphatic rings. The van der Waals surface area contributed by atoms with Crippen LogP contribution >= 0.6 is 15.9 Å². The molecule has 3 aromatic rings. The Morgan fingerprint density at radius 2 is 1.43 bits per heavy atom. The van der Waals surface area contributed by atoms with Gasteiger partial charge in [0.05, 0.1) is 29.2 Å². The first-order valence-electron chi connectivity index (χ1n) is 14.9. The van der Waals surface area contributed by atoms with Crippen LogP contribution in [0.5, 0.6) is 11.5 Å². The molecule has 0 heterocycles. The van der Waals surface area contributed by atoms with Gasteiger partial charge in [-0.15, -0.1) is 0 Å². The van der Waals surface area contributed by atoms with Gasteiger partial charge in [0.15, 0.2) is 11.5 Å². The number of hydrogen-bond acceptors (Lipinski definition) is 6. The summed E-state index contributed by atoms with van der Waals surface area (Å²) in [7, 11) is 0.